The first-order valence-electron chi connectivity index (χ1n) is 5.95. The van der Waals surface area contributed by atoms with E-state index in [0.717, 1.165) is 0 Å². The van der Waals surface area contributed by atoms with Gasteiger partial charge in [0.1, 0.15) is 0 Å². The lowest BCUT2D eigenvalue weighted by Gasteiger charge is -2.19. The van der Waals surface area contributed by atoms with Crippen LogP contribution in [0, 0.1) is 0 Å². The second-order valence-electron chi connectivity index (χ2n) is 4.26. The largest absolute Gasteiger partial charge is 0.379 e. The summed E-state index contributed by atoms with van der Waals surface area (Å²) in [6.45, 7) is 1.23. The number of hydrogen-bond donors (Lipinski definition) is 3. The number of hydrogen-bond acceptors (Lipinski definition) is 3. The minimum absolute atomic E-state index is 0.0443. The highest BCUT2D eigenvalue weighted by atomic mass is 19.3. The van der Waals surface area contributed by atoms with Crippen molar-refractivity contribution in [3.05, 3.63) is 47.2 Å². The van der Waals surface area contributed by atoms with Crippen LogP contribution in [0.25, 0.3) is 0 Å². The Morgan fingerprint density at radius 2 is 1.68 bits per heavy atom. The highest BCUT2D eigenvalue weighted by Gasteiger charge is 2.15. The summed E-state index contributed by atoms with van der Waals surface area (Å²) in [5.74, 6) is -0.203. The van der Waals surface area contributed by atoms with Gasteiger partial charge in [0.25, 0.3) is 12.3 Å². The van der Waals surface area contributed by atoms with E-state index in [4.69, 9.17) is 5.73 Å². The van der Waals surface area contributed by atoms with Gasteiger partial charge in [-0.3, -0.25) is 4.79 Å². The maximum Gasteiger partial charge on any atom is 0.267 e. The number of alkyl halides is 2. The molecule has 0 radical (unpaired) electrons. The van der Waals surface area contributed by atoms with E-state index in [2.05, 4.69) is 10.6 Å². The van der Waals surface area contributed by atoms with Crippen LogP contribution in [0.2, 0.25) is 0 Å². The summed E-state index contributed by atoms with van der Waals surface area (Å²) in [5, 5.41) is 5.64. The number of benzene rings is 1. The van der Waals surface area contributed by atoms with Gasteiger partial charge >= 0.3 is 0 Å². The van der Waals surface area contributed by atoms with Gasteiger partial charge in [-0.05, 0) is 11.6 Å². The standard InChI is InChI=1S/C13H15F2N3O/c14-12(15)9-3-1-8(2-4-9)10(16)7-11-13(19)18-6-5-17-11/h1-4,7,10,12,17H,5-6,16H2,(H,18,19)/b11-7-. The van der Waals surface area contributed by atoms with Gasteiger partial charge < -0.3 is 16.4 Å². The number of amides is 1. The van der Waals surface area contributed by atoms with Gasteiger partial charge in [0.2, 0.25) is 0 Å². The molecule has 1 aliphatic heterocycles. The van der Waals surface area contributed by atoms with E-state index in [1.54, 1.807) is 18.2 Å². The van der Waals surface area contributed by atoms with Crippen LogP contribution in [0.3, 0.4) is 0 Å². The zero-order chi connectivity index (χ0) is 13.8. The summed E-state index contributed by atoms with van der Waals surface area (Å²) in [4.78, 5) is 11.5. The third kappa shape index (κ3) is 3.29. The molecule has 19 heavy (non-hydrogen) atoms. The quantitative estimate of drug-likeness (QED) is 0.721. The summed E-state index contributed by atoms with van der Waals surface area (Å²) in [5.41, 5.74) is 6.98. The molecule has 1 unspecified atom stereocenters. The minimum atomic E-state index is -2.49. The molecular weight excluding hydrogens is 252 g/mol. The molecule has 1 atom stereocenters. The number of piperazine rings is 1. The Morgan fingerprint density at radius 1 is 1.11 bits per heavy atom. The van der Waals surface area contributed by atoms with Crippen LogP contribution in [0.4, 0.5) is 8.78 Å². The molecule has 1 aliphatic rings. The third-order valence-electron chi connectivity index (χ3n) is 2.89. The van der Waals surface area contributed by atoms with Crippen molar-refractivity contribution in [2.75, 3.05) is 13.1 Å². The monoisotopic (exact) mass is 267 g/mol. The molecule has 0 aromatic heterocycles. The molecular formula is C13H15F2N3O. The van der Waals surface area contributed by atoms with Gasteiger partial charge in [0.05, 0.1) is 11.7 Å². The molecule has 102 valence electrons. The molecule has 1 aromatic carbocycles. The van der Waals surface area contributed by atoms with Crippen molar-refractivity contribution in [2.45, 2.75) is 12.5 Å². The van der Waals surface area contributed by atoms with Gasteiger partial charge in [-0.25, -0.2) is 8.78 Å². The minimum Gasteiger partial charge on any atom is -0.379 e. The van der Waals surface area contributed by atoms with Crippen molar-refractivity contribution in [3.8, 4) is 0 Å². The van der Waals surface area contributed by atoms with E-state index in [1.165, 1.54) is 12.1 Å². The van der Waals surface area contributed by atoms with E-state index in [9.17, 15) is 13.6 Å². The van der Waals surface area contributed by atoms with Crippen molar-refractivity contribution in [3.63, 3.8) is 0 Å². The normalized spacial score (nSPS) is 19.2. The molecule has 0 bridgehead atoms. The number of rotatable bonds is 3. The molecule has 4 nitrogen and oxygen atoms in total. The van der Waals surface area contributed by atoms with E-state index < -0.39 is 12.5 Å². The maximum atomic E-state index is 12.4. The zero-order valence-electron chi connectivity index (χ0n) is 10.2. The predicted octanol–water partition coefficient (Wildman–Crippen LogP) is 1.23. The summed E-state index contributed by atoms with van der Waals surface area (Å²) < 4.78 is 24.8. The van der Waals surface area contributed by atoms with Gasteiger partial charge in [-0.15, -0.1) is 0 Å². The molecule has 0 saturated carbocycles. The molecule has 1 saturated heterocycles. The zero-order valence-corrected chi connectivity index (χ0v) is 10.2. The summed E-state index contributed by atoms with van der Waals surface area (Å²) in [7, 11) is 0. The lowest BCUT2D eigenvalue weighted by molar-refractivity contribution is -0.118. The Bertz CT molecular complexity index is 485. The summed E-state index contributed by atoms with van der Waals surface area (Å²) in [6.07, 6.45) is -0.902. The molecule has 1 fully saturated rings. The Labute approximate surface area is 109 Å². The van der Waals surface area contributed by atoms with Gasteiger partial charge in [0.15, 0.2) is 0 Å². The summed E-state index contributed by atoms with van der Waals surface area (Å²) >= 11 is 0. The fourth-order valence-electron chi connectivity index (χ4n) is 1.82. The average Bonchev–Trinajstić information content (AvgIpc) is 2.41. The van der Waals surface area contributed by atoms with Gasteiger partial charge in [-0.2, -0.15) is 0 Å². The van der Waals surface area contributed by atoms with Crippen LogP contribution < -0.4 is 16.4 Å². The molecule has 1 amide bonds. The van der Waals surface area contributed by atoms with E-state index in [-0.39, 0.29) is 11.5 Å². The Morgan fingerprint density at radius 3 is 2.26 bits per heavy atom. The number of nitrogens with one attached hydrogen (secondary N) is 2. The highest BCUT2D eigenvalue weighted by Crippen LogP contribution is 2.21. The second-order valence-corrected chi connectivity index (χ2v) is 4.26. The molecule has 4 N–H and O–H groups in total. The topological polar surface area (TPSA) is 67.2 Å². The fraction of sp³-hybridized carbons (Fsp3) is 0.308. The Hall–Kier alpha value is -1.95. The van der Waals surface area contributed by atoms with Crippen molar-refractivity contribution < 1.29 is 13.6 Å². The van der Waals surface area contributed by atoms with E-state index in [0.29, 0.717) is 24.4 Å². The lowest BCUT2D eigenvalue weighted by atomic mass is 10.0. The molecule has 0 aliphatic carbocycles. The molecule has 2 rings (SSSR count). The van der Waals surface area contributed by atoms with Crippen LogP contribution >= 0.6 is 0 Å². The molecule has 1 aromatic rings. The molecule has 6 heteroatoms. The number of halogens is 2. The second kappa shape index (κ2) is 5.79. The van der Waals surface area contributed by atoms with E-state index in [1.807, 2.05) is 0 Å². The first kappa shape index (κ1) is 13.5. The van der Waals surface area contributed by atoms with Crippen molar-refractivity contribution in [2.24, 2.45) is 5.73 Å². The molecule has 0 spiro atoms. The lowest BCUT2D eigenvalue weighted by Crippen LogP contribution is -2.43. The smallest absolute Gasteiger partial charge is 0.267 e. The maximum absolute atomic E-state index is 12.4. The number of nitrogens with two attached hydrogens (primary N) is 1. The Kier molecular flexibility index (Phi) is 4.11. The third-order valence-corrected chi connectivity index (χ3v) is 2.89. The SMILES string of the molecule is NC(/C=C1\NCCNC1=O)c1ccc(C(F)F)cc1. The summed E-state index contributed by atoms with van der Waals surface area (Å²) in [6, 6.07) is 5.26. The van der Waals surface area contributed by atoms with Crippen LogP contribution in [0.15, 0.2) is 36.0 Å². The number of carbonyl (C=O) groups is 1. The van der Waals surface area contributed by atoms with Gasteiger partial charge in [-0.1, -0.05) is 24.3 Å². The van der Waals surface area contributed by atoms with Gasteiger partial charge in [0, 0.05) is 18.7 Å². The van der Waals surface area contributed by atoms with Crippen molar-refractivity contribution in [1.82, 2.24) is 10.6 Å². The van der Waals surface area contributed by atoms with Crippen LogP contribution in [-0.2, 0) is 4.79 Å². The van der Waals surface area contributed by atoms with Crippen LogP contribution in [-0.4, -0.2) is 19.0 Å². The first-order chi connectivity index (χ1) is 9.08. The predicted molar refractivity (Wildman–Crippen MR) is 67.4 cm³/mol. The first-order valence-corrected chi connectivity index (χ1v) is 5.95. The average molecular weight is 267 g/mol. The van der Waals surface area contributed by atoms with Crippen molar-refractivity contribution in [1.29, 1.82) is 0 Å². The highest BCUT2D eigenvalue weighted by molar-refractivity contribution is 5.93. The molecule has 1 heterocycles. The van der Waals surface area contributed by atoms with Crippen LogP contribution in [0.1, 0.15) is 23.6 Å². The fourth-order valence-corrected chi connectivity index (χ4v) is 1.82. The van der Waals surface area contributed by atoms with Crippen molar-refractivity contribution >= 4 is 5.91 Å². The van der Waals surface area contributed by atoms with E-state index >= 15 is 0 Å². The number of carbonyl (C=O) groups excluding carboxylic acids is 1. The van der Waals surface area contributed by atoms with Crippen LogP contribution in [0.5, 0.6) is 0 Å². The Balaban J connectivity index is 2.12.